The van der Waals surface area contributed by atoms with E-state index in [1.165, 1.54) is 0 Å². The molecule has 0 spiro atoms. The second-order valence-electron chi connectivity index (χ2n) is 7.60. The first-order chi connectivity index (χ1) is 15.4. The second-order valence-corrected chi connectivity index (χ2v) is 8.01. The number of halogens is 1. The molecular formula is C25H26ClN3O3. The fourth-order valence-electron chi connectivity index (χ4n) is 3.11. The van der Waals surface area contributed by atoms with Crippen LogP contribution in [0.1, 0.15) is 35.3 Å². The van der Waals surface area contributed by atoms with Gasteiger partial charge in [-0.15, -0.1) is 0 Å². The van der Waals surface area contributed by atoms with Crippen molar-refractivity contribution in [1.82, 2.24) is 15.6 Å². The molecule has 166 valence electrons. The maximum Gasteiger partial charge on any atom is 0.251 e. The Kier molecular flexibility index (Phi) is 8.22. The van der Waals surface area contributed by atoms with Gasteiger partial charge in [0.25, 0.3) is 5.91 Å². The number of hydrogen-bond donors (Lipinski definition) is 2. The molecule has 2 aromatic carbocycles. The highest BCUT2D eigenvalue weighted by atomic mass is 35.5. The summed E-state index contributed by atoms with van der Waals surface area (Å²) in [4.78, 5) is 29.8. The van der Waals surface area contributed by atoms with Gasteiger partial charge in [-0.05, 0) is 55.3 Å². The van der Waals surface area contributed by atoms with Gasteiger partial charge in [0.2, 0.25) is 5.91 Å². The molecule has 0 radical (unpaired) electrons. The van der Waals surface area contributed by atoms with Gasteiger partial charge in [-0.25, -0.2) is 0 Å². The second kappa shape index (κ2) is 11.3. The summed E-state index contributed by atoms with van der Waals surface area (Å²) in [7, 11) is 0. The fourth-order valence-corrected chi connectivity index (χ4v) is 3.33. The summed E-state index contributed by atoms with van der Waals surface area (Å²) in [6.45, 7) is 4.14. The number of amides is 2. The maximum absolute atomic E-state index is 12.9. The summed E-state index contributed by atoms with van der Waals surface area (Å²) < 4.78 is 5.62. The molecule has 32 heavy (non-hydrogen) atoms. The molecule has 1 heterocycles. The molecule has 0 saturated carbocycles. The molecule has 2 N–H and O–H groups in total. The van der Waals surface area contributed by atoms with Crippen molar-refractivity contribution >= 4 is 23.4 Å². The van der Waals surface area contributed by atoms with E-state index >= 15 is 0 Å². The average molecular weight is 452 g/mol. The SMILES string of the molecule is CC(C)Oc1ccc(C(=O)NC(Cc2ccccc2)C(=O)NCc2ccncc2)cc1Cl. The third kappa shape index (κ3) is 6.82. The van der Waals surface area contributed by atoms with Crippen molar-refractivity contribution < 1.29 is 14.3 Å². The van der Waals surface area contributed by atoms with Crippen molar-refractivity contribution in [2.75, 3.05) is 0 Å². The van der Waals surface area contributed by atoms with Crippen molar-refractivity contribution in [2.24, 2.45) is 0 Å². The standard InChI is InChI=1S/C25H26ClN3O3/c1-17(2)32-23-9-8-20(15-21(23)26)24(30)29-22(14-18-6-4-3-5-7-18)25(31)28-16-19-10-12-27-13-11-19/h3-13,15,17,22H,14,16H2,1-2H3,(H,28,31)(H,29,30). The van der Waals surface area contributed by atoms with E-state index in [1.807, 2.05) is 56.3 Å². The third-order valence-corrected chi connectivity index (χ3v) is 4.97. The third-order valence-electron chi connectivity index (χ3n) is 4.68. The molecule has 2 amide bonds. The van der Waals surface area contributed by atoms with Gasteiger partial charge in [0.15, 0.2) is 0 Å². The van der Waals surface area contributed by atoms with Crippen LogP contribution in [0.15, 0.2) is 73.1 Å². The van der Waals surface area contributed by atoms with Crippen molar-refractivity contribution in [3.05, 3.63) is 94.8 Å². The van der Waals surface area contributed by atoms with Gasteiger partial charge >= 0.3 is 0 Å². The molecule has 6 nitrogen and oxygen atoms in total. The van der Waals surface area contributed by atoms with E-state index in [4.69, 9.17) is 16.3 Å². The summed E-state index contributed by atoms with van der Waals surface area (Å²) in [6.07, 6.45) is 3.66. The molecule has 0 aliphatic carbocycles. The Morgan fingerprint density at radius 1 is 1.00 bits per heavy atom. The number of ether oxygens (including phenoxy) is 1. The topological polar surface area (TPSA) is 80.3 Å². The Hall–Kier alpha value is -3.38. The lowest BCUT2D eigenvalue weighted by Gasteiger charge is -2.19. The van der Waals surface area contributed by atoms with Crippen molar-refractivity contribution in [2.45, 2.75) is 39.0 Å². The van der Waals surface area contributed by atoms with Crippen LogP contribution in [0, 0.1) is 0 Å². The highest BCUT2D eigenvalue weighted by Gasteiger charge is 2.22. The molecule has 7 heteroatoms. The maximum atomic E-state index is 12.9. The Bertz CT molecular complexity index is 1040. The first-order valence-electron chi connectivity index (χ1n) is 10.4. The number of carbonyl (C=O) groups excluding carboxylic acids is 2. The molecule has 1 atom stereocenters. The van der Waals surface area contributed by atoms with Gasteiger partial charge < -0.3 is 15.4 Å². The minimum absolute atomic E-state index is 0.0356. The van der Waals surface area contributed by atoms with Gasteiger partial charge in [0.05, 0.1) is 11.1 Å². The van der Waals surface area contributed by atoms with Gasteiger partial charge in [0.1, 0.15) is 11.8 Å². The predicted molar refractivity (Wildman–Crippen MR) is 125 cm³/mol. The summed E-state index contributed by atoms with van der Waals surface area (Å²) in [6, 6.07) is 17.3. The van der Waals surface area contributed by atoms with Crippen molar-refractivity contribution in [3.63, 3.8) is 0 Å². The number of nitrogens with one attached hydrogen (secondary N) is 2. The lowest BCUT2D eigenvalue weighted by Crippen LogP contribution is -2.47. The first-order valence-corrected chi connectivity index (χ1v) is 10.8. The molecule has 0 fully saturated rings. The fraction of sp³-hybridized carbons (Fsp3) is 0.240. The zero-order valence-electron chi connectivity index (χ0n) is 18.0. The highest BCUT2D eigenvalue weighted by molar-refractivity contribution is 6.32. The van der Waals surface area contributed by atoms with Crippen molar-refractivity contribution in [1.29, 1.82) is 0 Å². The molecule has 3 rings (SSSR count). The Morgan fingerprint density at radius 2 is 1.72 bits per heavy atom. The molecule has 0 aliphatic rings. The normalized spacial score (nSPS) is 11.6. The number of hydrogen-bond acceptors (Lipinski definition) is 4. The molecule has 1 unspecified atom stereocenters. The van der Waals surface area contributed by atoms with Crippen LogP contribution in [0.2, 0.25) is 5.02 Å². The lowest BCUT2D eigenvalue weighted by molar-refractivity contribution is -0.123. The Morgan fingerprint density at radius 3 is 2.38 bits per heavy atom. The monoisotopic (exact) mass is 451 g/mol. The molecule has 0 aliphatic heterocycles. The Balaban J connectivity index is 1.73. The van der Waals surface area contributed by atoms with Crippen LogP contribution in [0.3, 0.4) is 0 Å². The highest BCUT2D eigenvalue weighted by Crippen LogP contribution is 2.26. The number of rotatable bonds is 9. The van der Waals surface area contributed by atoms with Crippen LogP contribution in [0.4, 0.5) is 0 Å². The van der Waals surface area contributed by atoms with E-state index in [0.29, 0.717) is 29.3 Å². The van der Waals surface area contributed by atoms with E-state index < -0.39 is 6.04 Å². The van der Waals surface area contributed by atoms with E-state index in [1.54, 1.807) is 30.6 Å². The number of pyridine rings is 1. The van der Waals surface area contributed by atoms with Crippen LogP contribution < -0.4 is 15.4 Å². The van der Waals surface area contributed by atoms with E-state index in [0.717, 1.165) is 11.1 Å². The van der Waals surface area contributed by atoms with Crippen LogP contribution >= 0.6 is 11.6 Å². The minimum atomic E-state index is -0.753. The number of aromatic nitrogens is 1. The summed E-state index contributed by atoms with van der Waals surface area (Å²) in [5.41, 5.74) is 2.22. The molecule has 3 aromatic rings. The smallest absolute Gasteiger partial charge is 0.251 e. The van der Waals surface area contributed by atoms with E-state index in [2.05, 4.69) is 15.6 Å². The number of nitrogens with zero attached hydrogens (tertiary/aromatic N) is 1. The van der Waals surface area contributed by atoms with Crippen LogP contribution in [-0.2, 0) is 17.8 Å². The minimum Gasteiger partial charge on any atom is -0.489 e. The zero-order valence-corrected chi connectivity index (χ0v) is 18.8. The lowest BCUT2D eigenvalue weighted by atomic mass is 10.0. The molecule has 1 aromatic heterocycles. The Labute approximate surface area is 193 Å². The van der Waals surface area contributed by atoms with Crippen LogP contribution in [-0.4, -0.2) is 28.9 Å². The van der Waals surface area contributed by atoms with Crippen molar-refractivity contribution in [3.8, 4) is 5.75 Å². The summed E-state index contributed by atoms with van der Waals surface area (Å²) in [5, 5.41) is 6.07. The molecule has 0 saturated heterocycles. The zero-order chi connectivity index (χ0) is 22.9. The predicted octanol–water partition coefficient (Wildman–Crippen LogP) is 4.18. The molecule has 0 bridgehead atoms. The number of carbonyl (C=O) groups is 2. The van der Waals surface area contributed by atoms with Crippen LogP contribution in [0.5, 0.6) is 5.75 Å². The summed E-state index contributed by atoms with van der Waals surface area (Å²) >= 11 is 6.27. The average Bonchev–Trinajstić information content (AvgIpc) is 2.79. The largest absolute Gasteiger partial charge is 0.489 e. The quantitative estimate of drug-likeness (QED) is 0.511. The van der Waals surface area contributed by atoms with Gasteiger partial charge in [-0.3, -0.25) is 14.6 Å². The van der Waals surface area contributed by atoms with Gasteiger partial charge in [-0.1, -0.05) is 41.9 Å². The van der Waals surface area contributed by atoms with Crippen LogP contribution in [0.25, 0.3) is 0 Å². The van der Waals surface area contributed by atoms with Gasteiger partial charge in [-0.2, -0.15) is 0 Å². The summed E-state index contributed by atoms with van der Waals surface area (Å²) in [5.74, 6) is -0.151. The number of benzene rings is 2. The van der Waals surface area contributed by atoms with E-state index in [9.17, 15) is 9.59 Å². The molecular weight excluding hydrogens is 426 g/mol. The first kappa shape index (κ1) is 23.3. The van der Waals surface area contributed by atoms with Gasteiger partial charge in [0, 0.05) is 30.9 Å². The van der Waals surface area contributed by atoms with E-state index in [-0.39, 0.29) is 17.9 Å².